The molecule has 2 aromatic rings. The first kappa shape index (κ1) is 18.4. The number of nitrogens with zero attached hydrogens (tertiary/aromatic N) is 1. The molecule has 3 rings (SSSR count). The van der Waals surface area contributed by atoms with Crippen molar-refractivity contribution < 1.29 is 14.3 Å². The van der Waals surface area contributed by atoms with Gasteiger partial charge in [0.25, 0.3) is 5.91 Å². The number of thiocarbonyl (C=S) groups is 1. The number of carbonyl (C=O) groups excluding carboxylic acids is 2. The molecule has 1 aliphatic heterocycles. The van der Waals surface area contributed by atoms with Crippen LogP contribution in [0.15, 0.2) is 53.4 Å². The van der Waals surface area contributed by atoms with E-state index in [2.05, 4.69) is 0 Å². The van der Waals surface area contributed by atoms with Crippen molar-refractivity contribution in [3.63, 3.8) is 0 Å². The van der Waals surface area contributed by atoms with E-state index < -0.39 is 0 Å². The third kappa shape index (κ3) is 3.43. The topological polar surface area (TPSA) is 46.6 Å². The fraction of sp³-hybridized carbons (Fsp3) is 0.150. The predicted molar refractivity (Wildman–Crippen MR) is 110 cm³/mol. The molecule has 132 valence electrons. The van der Waals surface area contributed by atoms with Gasteiger partial charge in [0.2, 0.25) is 0 Å². The van der Waals surface area contributed by atoms with Crippen LogP contribution in [0.25, 0.3) is 5.57 Å². The minimum Gasteiger partial charge on any atom is -0.497 e. The smallest absolute Gasteiger partial charge is 0.271 e. The normalized spacial score (nSPS) is 16.0. The van der Waals surface area contributed by atoms with Crippen molar-refractivity contribution >= 4 is 51.3 Å². The van der Waals surface area contributed by atoms with Crippen LogP contribution in [0.3, 0.4) is 0 Å². The summed E-state index contributed by atoms with van der Waals surface area (Å²) in [6, 6.07) is 14.5. The Balaban J connectivity index is 2.00. The molecular weight excluding hydrogens is 366 g/mol. The number of thioether (sulfide) groups is 1. The van der Waals surface area contributed by atoms with E-state index in [9.17, 15) is 9.59 Å². The largest absolute Gasteiger partial charge is 0.497 e. The Kier molecular flexibility index (Phi) is 5.25. The molecular formula is C20H17NO3S2. The molecule has 1 aliphatic rings. The Labute approximate surface area is 161 Å². The zero-order valence-corrected chi connectivity index (χ0v) is 16.2. The molecule has 1 heterocycles. The van der Waals surface area contributed by atoms with Crippen LogP contribution in [0.2, 0.25) is 0 Å². The molecule has 0 bridgehead atoms. The maximum Gasteiger partial charge on any atom is 0.271 e. The number of ketones is 1. The van der Waals surface area contributed by atoms with Gasteiger partial charge < -0.3 is 4.74 Å². The van der Waals surface area contributed by atoms with Gasteiger partial charge in [-0.2, -0.15) is 0 Å². The minimum atomic E-state index is -0.180. The number of carbonyl (C=O) groups is 2. The molecule has 0 N–H and O–H groups in total. The quantitative estimate of drug-likeness (QED) is 0.435. The van der Waals surface area contributed by atoms with Crippen molar-refractivity contribution in [2.75, 3.05) is 12.0 Å². The first-order valence-electron chi connectivity index (χ1n) is 7.95. The maximum absolute atomic E-state index is 13.0. The number of hydrogen-bond acceptors (Lipinski definition) is 5. The van der Waals surface area contributed by atoms with Crippen molar-refractivity contribution in [1.82, 2.24) is 0 Å². The molecule has 26 heavy (non-hydrogen) atoms. The van der Waals surface area contributed by atoms with E-state index in [0.717, 1.165) is 16.9 Å². The molecule has 1 amide bonds. The highest BCUT2D eigenvalue weighted by Crippen LogP contribution is 2.39. The molecule has 0 aliphatic carbocycles. The van der Waals surface area contributed by atoms with Crippen molar-refractivity contribution in [1.29, 1.82) is 0 Å². The summed E-state index contributed by atoms with van der Waals surface area (Å²) >= 11 is 6.70. The number of anilines is 1. The number of rotatable bonds is 4. The number of allylic oxidation sites excluding steroid dienone is 1. The van der Waals surface area contributed by atoms with Crippen molar-refractivity contribution in [3.05, 3.63) is 64.6 Å². The van der Waals surface area contributed by atoms with Crippen LogP contribution >= 0.6 is 24.0 Å². The first-order chi connectivity index (χ1) is 12.4. The number of benzene rings is 2. The second kappa shape index (κ2) is 7.43. The average Bonchev–Trinajstić information content (AvgIpc) is 2.95. The second-order valence-corrected chi connectivity index (χ2v) is 7.45. The Morgan fingerprint density at radius 2 is 1.77 bits per heavy atom. The Hall–Kier alpha value is -2.44. The van der Waals surface area contributed by atoms with Crippen LogP contribution in [0.1, 0.15) is 29.8 Å². The highest BCUT2D eigenvalue weighted by molar-refractivity contribution is 8.27. The summed E-state index contributed by atoms with van der Waals surface area (Å²) in [7, 11) is 1.61. The molecule has 0 radical (unpaired) electrons. The summed E-state index contributed by atoms with van der Waals surface area (Å²) in [5.41, 5.74) is 2.90. The van der Waals surface area contributed by atoms with Gasteiger partial charge in [0.15, 0.2) is 10.1 Å². The molecule has 4 nitrogen and oxygen atoms in total. The average molecular weight is 383 g/mol. The molecule has 0 saturated carbocycles. The van der Waals surface area contributed by atoms with Gasteiger partial charge in [0.1, 0.15) is 5.75 Å². The summed E-state index contributed by atoms with van der Waals surface area (Å²) in [4.78, 5) is 26.7. The third-order valence-corrected chi connectivity index (χ3v) is 5.60. The second-order valence-electron chi connectivity index (χ2n) is 5.80. The summed E-state index contributed by atoms with van der Waals surface area (Å²) in [6.45, 7) is 3.39. The van der Waals surface area contributed by atoms with Gasteiger partial charge in [-0.3, -0.25) is 14.5 Å². The van der Waals surface area contributed by atoms with Crippen LogP contribution in [-0.2, 0) is 4.79 Å². The van der Waals surface area contributed by atoms with E-state index in [4.69, 9.17) is 17.0 Å². The lowest BCUT2D eigenvalue weighted by Gasteiger charge is -2.15. The lowest BCUT2D eigenvalue weighted by Crippen LogP contribution is -2.27. The van der Waals surface area contributed by atoms with E-state index in [1.165, 1.54) is 23.6 Å². The first-order valence-corrected chi connectivity index (χ1v) is 9.17. The van der Waals surface area contributed by atoms with Gasteiger partial charge in [-0.15, -0.1) is 0 Å². The predicted octanol–water partition coefficient (Wildman–Crippen LogP) is 4.69. The zero-order valence-electron chi connectivity index (χ0n) is 14.6. The lowest BCUT2D eigenvalue weighted by molar-refractivity contribution is -0.113. The summed E-state index contributed by atoms with van der Waals surface area (Å²) in [6.07, 6.45) is 0. The number of amides is 1. The SMILES string of the molecule is COc1cccc(/C(C)=C2\SC(=S)N(c3cccc(C(C)=O)c3)C2=O)c1. The fourth-order valence-corrected chi connectivity index (χ4v) is 4.01. The summed E-state index contributed by atoms with van der Waals surface area (Å²) < 4.78 is 5.71. The number of hydrogen-bond donors (Lipinski definition) is 0. The zero-order chi connectivity index (χ0) is 18.8. The maximum atomic E-state index is 13.0. The van der Waals surface area contributed by atoms with Gasteiger partial charge in [0, 0.05) is 5.56 Å². The van der Waals surface area contributed by atoms with Gasteiger partial charge in [-0.1, -0.05) is 48.2 Å². The standard InChI is InChI=1S/C20H17NO3S2/c1-12(14-6-5-9-17(11-14)24-3)18-19(23)21(20(25)26-18)16-8-4-7-15(10-16)13(2)22/h4-11H,1-3H3/b18-12-. The van der Waals surface area contributed by atoms with Crippen molar-refractivity contribution in [2.24, 2.45) is 0 Å². The van der Waals surface area contributed by atoms with E-state index in [-0.39, 0.29) is 11.7 Å². The lowest BCUT2D eigenvalue weighted by atomic mass is 10.1. The number of Topliss-reactive ketones (excluding diaryl/α,β-unsaturated/α-hetero) is 1. The van der Waals surface area contributed by atoms with E-state index in [0.29, 0.717) is 20.5 Å². The Bertz CT molecular complexity index is 950. The molecule has 0 spiro atoms. The molecule has 0 aromatic heterocycles. The third-order valence-electron chi connectivity index (χ3n) is 4.12. The fourth-order valence-electron chi connectivity index (χ4n) is 2.67. The van der Waals surface area contributed by atoms with Crippen LogP contribution < -0.4 is 9.64 Å². The van der Waals surface area contributed by atoms with Crippen LogP contribution in [0.5, 0.6) is 5.75 Å². The molecule has 1 fully saturated rings. The van der Waals surface area contributed by atoms with Gasteiger partial charge >= 0.3 is 0 Å². The highest BCUT2D eigenvalue weighted by Gasteiger charge is 2.35. The molecule has 2 aromatic carbocycles. The van der Waals surface area contributed by atoms with E-state index in [1.54, 1.807) is 31.4 Å². The number of methoxy groups -OCH3 is 1. The van der Waals surface area contributed by atoms with E-state index >= 15 is 0 Å². The van der Waals surface area contributed by atoms with E-state index in [1.807, 2.05) is 31.2 Å². The van der Waals surface area contributed by atoms with Crippen LogP contribution in [0.4, 0.5) is 5.69 Å². The number of ether oxygens (including phenoxy) is 1. The minimum absolute atomic E-state index is 0.0552. The molecule has 0 atom stereocenters. The summed E-state index contributed by atoms with van der Waals surface area (Å²) in [5.74, 6) is 0.493. The van der Waals surface area contributed by atoms with Crippen molar-refractivity contribution in [3.8, 4) is 5.75 Å². The Morgan fingerprint density at radius 3 is 2.46 bits per heavy atom. The molecule has 1 saturated heterocycles. The molecule has 6 heteroatoms. The summed E-state index contributed by atoms with van der Waals surface area (Å²) in [5, 5.41) is 0. The van der Waals surface area contributed by atoms with Gasteiger partial charge in [0.05, 0.1) is 17.7 Å². The highest BCUT2D eigenvalue weighted by atomic mass is 32.2. The monoisotopic (exact) mass is 383 g/mol. The van der Waals surface area contributed by atoms with Crippen LogP contribution in [0, 0.1) is 0 Å². The van der Waals surface area contributed by atoms with Crippen LogP contribution in [-0.4, -0.2) is 23.1 Å². The van der Waals surface area contributed by atoms with Gasteiger partial charge in [-0.05, 0) is 49.2 Å². The Morgan fingerprint density at radius 1 is 1.08 bits per heavy atom. The van der Waals surface area contributed by atoms with Gasteiger partial charge in [-0.25, -0.2) is 0 Å². The van der Waals surface area contributed by atoms with Crippen molar-refractivity contribution in [2.45, 2.75) is 13.8 Å². The molecule has 0 unspecified atom stereocenters.